The van der Waals surface area contributed by atoms with Crippen molar-refractivity contribution in [2.75, 3.05) is 13.6 Å². The lowest BCUT2D eigenvalue weighted by molar-refractivity contribution is 0.223. The first-order chi connectivity index (χ1) is 7.10. The third-order valence-electron chi connectivity index (χ3n) is 2.74. The van der Waals surface area contributed by atoms with Crippen LogP contribution in [0.2, 0.25) is 4.34 Å². The van der Waals surface area contributed by atoms with Crippen LogP contribution in [0.4, 0.5) is 0 Å². The minimum Gasteiger partial charge on any atom is -0.326 e. The standard InChI is InChI=1S/C11H19ClN2S/c1-4-8(13)11(14(3)5-2)9-6-7-10(12)15-9/h6-8,11H,4-5,13H2,1-3H3. The van der Waals surface area contributed by atoms with Crippen LogP contribution in [0.5, 0.6) is 0 Å². The number of likely N-dealkylation sites (N-methyl/N-ethyl adjacent to an activating group) is 1. The molecule has 0 aliphatic carbocycles. The quantitative estimate of drug-likeness (QED) is 0.865. The molecule has 15 heavy (non-hydrogen) atoms. The van der Waals surface area contributed by atoms with E-state index in [0.29, 0.717) is 0 Å². The van der Waals surface area contributed by atoms with Gasteiger partial charge in [0.15, 0.2) is 0 Å². The Morgan fingerprint density at radius 2 is 2.13 bits per heavy atom. The van der Waals surface area contributed by atoms with Crippen molar-refractivity contribution >= 4 is 22.9 Å². The number of thiophene rings is 1. The molecule has 0 bridgehead atoms. The average Bonchev–Trinajstić information content (AvgIpc) is 2.64. The van der Waals surface area contributed by atoms with Gasteiger partial charge < -0.3 is 5.73 Å². The number of halogens is 1. The van der Waals surface area contributed by atoms with Crippen LogP contribution in [-0.2, 0) is 0 Å². The number of nitrogens with zero attached hydrogens (tertiary/aromatic N) is 1. The summed E-state index contributed by atoms with van der Waals surface area (Å²) in [4.78, 5) is 3.54. The lowest BCUT2D eigenvalue weighted by Gasteiger charge is -2.30. The van der Waals surface area contributed by atoms with E-state index < -0.39 is 0 Å². The van der Waals surface area contributed by atoms with Crippen molar-refractivity contribution in [2.45, 2.75) is 32.4 Å². The Labute approximate surface area is 101 Å². The van der Waals surface area contributed by atoms with Crippen LogP contribution in [0.3, 0.4) is 0 Å². The van der Waals surface area contributed by atoms with Gasteiger partial charge in [0, 0.05) is 10.9 Å². The zero-order chi connectivity index (χ0) is 11.4. The molecule has 0 aromatic carbocycles. The molecule has 1 heterocycles. The minimum absolute atomic E-state index is 0.171. The fourth-order valence-electron chi connectivity index (χ4n) is 1.66. The number of hydrogen-bond acceptors (Lipinski definition) is 3. The lowest BCUT2D eigenvalue weighted by Crippen LogP contribution is -2.38. The Bertz CT molecular complexity index is 291. The topological polar surface area (TPSA) is 29.3 Å². The summed E-state index contributed by atoms with van der Waals surface area (Å²) in [5.74, 6) is 0. The van der Waals surface area contributed by atoms with E-state index in [1.807, 2.05) is 6.07 Å². The number of nitrogens with two attached hydrogens (primary N) is 1. The minimum atomic E-state index is 0.171. The molecule has 0 radical (unpaired) electrons. The normalized spacial score (nSPS) is 15.6. The van der Waals surface area contributed by atoms with Crippen molar-refractivity contribution in [3.8, 4) is 0 Å². The van der Waals surface area contributed by atoms with Gasteiger partial charge in [0.05, 0.1) is 10.4 Å². The first-order valence-corrected chi connectivity index (χ1v) is 6.50. The van der Waals surface area contributed by atoms with Crippen LogP contribution in [0.1, 0.15) is 31.2 Å². The number of hydrogen-bond donors (Lipinski definition) is 1. The Kier molecular flexibility index (Phi) is 5.06. The molecule has 86 valence electrons. The van der Waals surface area contributed by atoms with Gasteiger partial charge in [-0.3, -0.25) is 4.90 Å². The molecule has 0 aliphatic rings. The Balaban J connectivity index is 2.90. The summed E-state index contributed by atoms with van der Waals surface area (Å²) in [6.45, 7) is 5.26. The summed E-state index contributed by atoms with van der Waals surface area (Å²) < 4.78 is 0.836. The summed E-state index contributed by atoms with van der Waals surface area (Å²) in [5.41, 5.74) is 6.16. The van der Waals surface area contributed by atoms with Crippen molar-refractivity contribution in [1.82, 2.24) is 4.90 Å². The molecule has 2 N–H and O–H groups in total. The highest BCUT2D eigenvalue weighted by atomic mass is 35.5. The van der Waals surface area contributed by atoms with Gasteiger partial charge in [0.25, 0.3) is 0 Å². The van der Waals surface area contributed by atoms with Crippen LogP contribution in [0.15, 0.2) is 12.1 Å². The second-order valence-electron chi connectivity index (χ2n) is 3.73. The van der Waals surface area contributed by atoms with Crippen LogP contribution in [-0.4, -0.2) is 24.5 Å². The van der Waals surface area contributed by atoms with Crippen LogP contribution < -0.4 is 5.73 Å². The maximum atomic E-state index is 6.16. The molecular formula is C11H19ClN2S. The van der Waals surface area contributed by atoms with Gasteiger partial charge in [0.2, 0.25) is 0 Å². The zero-order valence-corrected chi connectivity index (χ0v) is 11.1. The fraction of sp³-hybridized carbons (Fsp3) is 0.636. The maximum Gasteiger partial charge on any atom is 0.0931 e. The van der Waals surface area contributed by atoms with E-state index in [1.165, 1.54) is 4.88 Å². The fourth-order valence-corrected chi connectivity index (χ4v) is 2.97. The van der Waals surface area contributed by atoms with Crippen molar-refractivity contribution in [3.63, 3.8) is 0 Å². The second-order valence-corrected chi connectivity index (χ2v) is 5.48. The second kappa shape index (κ2) is 5.85. The molecule has 0 saturated carbocycles. The molecule has 1 aromatic heterocycles. The van der Waals surface area contributed by atoms with Gasteiger partial charge in [-0.15, -0.1) is 11.3 Å². The molecule has 1 aromatic rings. The molecule has 2 atom stereocenters. The maximum absolute atomic E-state index is 6.16. The predicted octanol–water partition coefficient (Wildman–Crippen LogP) is 3.13. The average molecular weight is 247 g/mol. The highest BCUT2D eigenvalue weighted by Gasteiger charge is 2.23. The third kappa shape index (κ3) is 3.18. The molecule has 2 unspecified atom stereocenters. The van der Waals surface area contributed by atoms with Gasteiger partial charge in [-0.1, -0.05) is 25.4 Å². The first kappa shape index (κ1) is 13.0. The Morgan fingerprint density at radius 3 is 2.53 bits per heavy atom. The summed E-state index contributed by atoms with van der Waals surface area (Å²) >= 11 is 7.59. The van der Waals surface area contributed by atoms with Gasteiger partial charge in [0.1, 0.15) is 0 Å². The van der Waals surface area contributed by atoms with Crippen LogP contribution >= 0.6 is 22.9 Å². The predicted molar refractivity (Wildman–Crippen MR) is 68.6 cm³/mol. The van der Waals surface area contributed by atoms with Crippen molar-refractivity contribution in [2.24, 2.45) is 5.73 Å². The lowest BCUT2D eigenvalue weighted by atomic mass is 10.0. The highest BCUT2D eigenvalue weighted by Crippen LogP contribution is 2.32. The van der Waals surface area contributed by atoms with Gasteiger partial charge in [-0.25, -0.2) is 0 Å². The molecule has 0 saturated heterocycles. The Morgan fingerprint density at radius 1 is 1.47 bits per heavy atom. The van der Waals surface area contributed by atoms with Gasteiger partial charge in [-0.05, 0) is 32.1 Å². The van der Waals surface area contributed by atoms with E-state index in [4.69, 9.17) is 17.3 Å². The van der Waals surface area contributed by atoms with E-state index in [-0.39, 0.29) is 12.1 Å². The molecule has 0 aliphatic heterocycles. The van der Waals surface area contributed by atoms with Crippen LogP contribution in [0, 0.1) is 0 Å². The molecule has 2 nitrogen and oxygen atoms in total. The molecule has 1 rings (SSSR count). The third-order valence-corrected chi connectivity index (χ3v) is 4.04. The monoisotopic (exact) mass is 246 g/mol. The SMILES string of the molecule is CCC(N)C(c1ccc(Cl)s1)N(C)CC. The van der Waals surface area contributed by atoms with E-state index >= 15 is 0 Å². The smallest absolute Gasteiger partial charge is 0.0931 e. The van der Waals surface area contributed by atoms with Crippen LogP contribution in [0.25, 0.3) is 0 Å². The molecular weight excluding hydrogens is 228 g/mol. The van der Waals surface area contributed by atoms with Crippen molar-refractivity contribution in [1.29, 1.82) is 0 Å². The first-order valence-electron chi connectivity index (χ1n) is 5.31. The van der Waals surface area contributed by atoms with E-state index in [0.717, 1.165) is 17.3 Å². The van der Waals surface area contributed by atoms with E-state index in [1.54, 1.807) is 11.3 Å². The number of rotatable bonds is 5. The zero-order valence-electron chi connectivity index (χ0n) is 9.53. The highest BCUT2D eigenvalue weighted by molar-refractivity contribution is 7.16. The molecule has 0 amide bonds. The van der Waals surface area contributed by atoms with Gasteiger partial charge in [-0.2, -0.15) is 0 Å². The summed E-state index contributed by atoms with van der Waals surface area (Å²) in [6.07, 6.45) is 0.977. The molecule has 0 spiro atoms. The molecule has 0 fully saturated rings. The summed E-state index contributed by atoms with van der Waals surface area (Å²) in [5, 5.41) is 0. The van der Waals surface area contributed by atoms with E-state index in [9.17, 15) is 0 Å². The summed E-state index contributed by atoms with van der Waals surface area (Å²) in [6, 6.07) is 4.49. The van der Waals surface area contributed by atoms with E-state index in [2.05, 4.69) is 31.9 Å². The Hall–Kier alpha value is -0.0900. The molecule has 4 heteroatoms. The van der Waals surface area contributed by atoms with Crippen molar-refractivity contribution in [3.05, 3.63) is 21.3 Å². The van der Waals surface area contributed by atoms with Crippen molar-refractivity contribution < 1.29 is 0 Å². The van der Waals surface area contributed by atoms with Gasteiger partial charge >= 0.3 is 0 Å². The largest absolute Gasteiger partial charge is 0.326 e. The summed E-state index contributed by atoms with van der Waals surface area (Å²) in [7, 11) is 2.10.